The zero-order chi connectivity index (χ0) is 22.1. The molecule has 8 heteroatoms. The van der Waals surface area contributed by atoms with Crippen LogP contribution in [-0.2, 0) is 28.7 Å². The fourth-order valence-corrected chi connectivity index (χ4v) is 3.99. The fourth-order valence-electron chi connectivity index (χ4n) is 3.99. The lowest BCUT2D eigenvalue weighted by molar-refractivity contribution is -0.155. The number of likely N-dealkylation sites (tertiary alicyclic amines) is 2. The number of rotatable bonds is 3. The number of piperidine rings is 2. The highest BCUT2D eigenvalue weighted by atomic mass is 16.5. The van der Waals surface area contributed by atoms with Crippen molar-refractivity contribution in [3.05, 3.63) is 0 Å². The number of ether oxygens (including phenoxy) is 2. The number of nitrogens with zero attached hydrogens (tertiary/aromatic N) is 2. The first-order valence-electron chi connectivity index (χ1n) is 10.4. The first kappa shape index (κ1) is 24.9. The zero-order valence-corrected chi connectivity index (χ0v) is 18.6. The molecule has 2 fully saturated rings. The second-order valence-electron chi connectivity index (χ2n) is 7.95. The van der Waals surface area contributed by atoms with E-state index in [1.54, 1.807) is 9.80 Å². The van der Waals surface area contributed by atoms with Crippen LogP contribution in [0.3, 0.4) is 0 Å². The molecule has 0 saturated carbocycles. The van der Waals surface area contributed by atoms with E-state index in [1.165, 1.54) is 28.1 Å². The van der Waals surface area contributed by atoms with Gasteiger partial charge < -0.3 is 19.3 Å². The molecule has 0 radical (unpaired) electrons. The summed E-state index contributed by atoms with van der Waals surface area (Å²) in [6.07, 6.45) is 4.47. The third-order valence-electron chi connectivity index (χ3n) is 5.83. The van der Waals surface area contributed by atoms with Crippen LogP contribution < -0.4 is 0 Å². The molecule has 29 heavy (non-hydrogen) atoms. The van der Waals surface area contributed by atoms with Crippen LogP contribution in [0.4, 0.5) is 0 Å². The van der Waals surface area contributed by atoms with E-state index in [1.807, 2.05) is 0 Å². The van der Waals surface area contributed by atoms with Gasteiger partial charge in [0.15, 0.2) is 0 Å². The number of amides is 2. The average Bonchev–Trinajstić information content (AvgIpc) is 2.72. The van der Waals surface area contributed by atoms with Crippen LogP contribution >= 0.6 is 0 Å². The van der Waals surface area contributed by atoms with Gasteiger partial charge in [0.25, 0.3) is 0 Å². The van der Waals surface area contributed by atoms with E-state index < -0.39 is 0 Å². The molecular weight excluding hydrogens is 376 g/mol. The summed E-state index contributed by atoms with van der Waals surface area (Å²) in [7, 11) is 2.73. The second-order valence-corrected chi connectivity index (χ2v) is 7.95. The van der Waals surface area contributed by atoms with Gasteiger partial charge in [-0.1, -0.05) is 20.3 Å². The largest absolute Gasteiger partial charge is 0.467 e. The van der Waals surface area contributed by atoms with Gasteiger partial charge in [0.2, 0.25) is 11.8 Å². The monoisotopic (exact) mass is 412 g/mol. The smallest absolute Gasteiger partial charge is 0.328 e. The predicted octanol–water partition coefficient (Wildman–Crippen LogP) is 2.00. The third kappa shape index (κ3) is 7.01. The van der Waals surface area contributed by atoms with Gasteiger partial charge in [-0.05, 0) is 37.5 Å². The highest BCUT2D eigenvalue weighted by molar-refractivity contribution is 5.84. The third-order valence-corrected chi connectivity index (χ3v) is 5.83. The SMILES string of the molecule is CC[C@@H]1CC[C@@H](C(=O)OC)N(C(C)=O)C1.COC(=O)[C@@H]1CC[C@H](C)CN1C(C)=O. The van der Waals surface area contributed by atoms with Crippen molar-refractivity contribution in [2.45, 2.75) is 71.9 Å². The van der Waals surface area contributed by atoms with E-state index >= 15 is 0 Å². The first-order valence-corrected chi connectivity index (χ1v) is 10.4. The Morgan fingerprint density at radius 2 is 1.24 bits per heavy atom. The van der Waals surface area contributed by atoms with E-state index in [9.17, 15) is 19.2 Å². The molecular formula is C21H36N2O6. The molecule has 0 unspecified atom stereocenters. The minimum absolute atomic E-state index is 0.0384. The molecule has 2 aliphatic heterocycles. The molecule has 2 heterocycles. The fraction of sp³-hybridized carbons (Fsp3) is 0.810. The van der Waals surface area contributed by atoms with Crippen LogP contribution in [0.15, 0.2) is 0 Å². The quantitative estimate of drug-likeness (QED) is 0.658. The van der Waals surface area contributed by atoms with Gasteiger partial charge in [-0.2, -0.15) is 0 Å². The molecule has 2 saturated heterocycles. The number of methoxy groups -OCH3 is 2. The number of hydrogen-bond acceptors (Lipinski definition) is 6. The van der Waals surface area contributed by atoms with Crippen molar-refractivity contribution >= 4 is 23.8 Å². The predicted molar refractivity (Wildman–Crippen MR) is 108 cm³/mol. The number of carbonyl (C=O) groups excluding carboxylic acids is 4. The Morgan fingerprint density at radius 1 is 0.793 bits per heavy atom. The van der Waals surface area contributed by atoms with Crippen LogP contribution in [0, 0.1) is 11.8 Å². The Kier molecular flexibility index (Phi) is 10.1. The van der Waals surface area contributed by atoms with Crippen molar-refractivity contribution in [1.82, 2.24) is 9.80 Å². The standard InChI is InChI=1S/C11H19NO3.C10H17NO3/c1-4-9-5-6-10(11(14)15-3)12(7-9)8(2)13;1-7-4-5-9(10(13)14-3)11(6-7)8(2)12/h9-10H,4-7H2,1-3H3;7,9H,4-6H2,1-3H3/t9-,10+;7-,9-/m10/s1. The maximum Gasteiger partial charge on any atom is 0.328 e. The van der Waals surface area contributed by atoms with Crippen molar-refractivity contribution in [1.29, 1.82) is 0 Å². The summed E-state index contributed by atoms with van der Waals surface area (Å²) in [5.74, 6) is 0.317. The van der Waals surface area contributed by atoms with Crippen molar-refractivity contribution in [2.24, 2.45) is 11.8 Å². The maximum atomic E-state index is 11.5. The van der Waals surface area contributed by atoms with Gasteiger partial charge >= 0.3 is 11.9 Å². The Bertz CT molecular complexity index is 594. The van der Waals surface area contributed by atoms with E-state index in [0.29, 0.717) is 31.3 Å². The number of carbonyl (C=O) groups is 4. The molecule has 0 N–H and O–H groups in total. The zero-order valence-electron chi connectivity index (χ0n) is 18.6. The molecule has 0 aromatic rings. The molecule has 2 amide bonds. The summed E-state index contributed by atoms with van der Waals surface area (Å²) in [5.41, 5.74) is 0. The molecule has 2 rings (SSSR count). The van der Waals surface area contributed by atoms with Crippen molar-refractivity contribution < 1.29 is 28.7 Å². The van der Waals surface area contributed by atoms with Crippen LogP contribution in [0.25, 0.3) is 0 Å². The average molecular weight is 413 g/mol. The first-order chi connectivity index (χ1) is 13.7. The summed E-state index contributed by atoms with van der Waals surface area (Å²) < 4.78 is 9.38. The second kappa shape index (κ2) is 11.8. The minimum Gasteiger partial charge on any atom is -0.467 e. The minimum atomic E-state index is -0.367. The number of esters is 2. The van der Waals surface area contributed by atoms with Gasteiger partial charge in [-0.15, -0.1) is 0 Å². The van der Waals surface area contributed by atoms with Gasteiger partial charge in [0.05, 0.1) is 14.2 Å². The molecule has 0 bridgehead atoms. The molecule has 2 aliphatic rings. The van der Waals surface area contributed by atoms with Gasteiger partial charge in [-0.3, -0.25) is 9.59 Å². The highest BCUT2D eigenvalue weighted by Crippen LogP contribution is 2.25. The molecule has 8 nitrogen and oxygen atoms in total. The van der Waals surface area contributed by atoms with Gasteiger partial charge in [0.1, 0.15) is 12.1 Å². The lowest BCUT2D eigenvalue weighted by Gasteiger charge is -2.37. The Morgan fingerprint density at radius 3 is 1.66 bits per heavy atom. The topological polar surface area (TPSA) is 93.2 Å². The molecule has 0 aromatic heterocycles. The van der Waals surface area contributed by atoms with Crippen LogP contribution in [0.1, 0.15) is 59.8 Å². The summed E-state index contributed by atoms with van der Waals surface area (Å²) in [5, 5.41) is 0. The normalized spacial score (nSPS) is 26.7. The summed E-state index contributed by atoms with van der Waals surface area (Å²) >= 11 is 0. The lowest BCUT2D eigenvalue weighted by Crippen LogP contribution is -2.50. The lowest BCUT2D eigenvalue weighted by atomic mass is 9.91. The maximum absolute atomic E-state index is 11.5. The molecule has 0 spiro atoms. The molecule has 166 valence electrons. The van der Waals surface area contributed by atoms with Gasteiger partial charge in [-0.25, -0.2) is 9.59 Å². The van der Waals surface area contributed by atoms with Crippen molar-refractivity contribution in [2.75, 3.05) is 27.3 Å². The van der Waals surface area contributed by atoms with E-state index in [2.05, 4.69) is 18.6 Å². The Hall–Kier alpha value is -2.12. The Balaban J connectivity index is 0.000000291. The molecule has 4 atom stereocenters. The van der Waals surface area contributed by atoms with Crippen LogP contribution in [0.2, 0.25) is 0 Å². The Labute approximate surface area is 173 Å². The van der Waals surface area contributed by atoms with E-state index in [-0.39, 0.29) is 35.8 Å². The summed E-state index contributed by atoms with van der Waals surface area (Å²) in [6.45, 7) is 8.55. The van der Waals surface area contributed by atoms with Crippen LogP contribution in [-0.4, -0.2) is 72.9 Å². The van der Waals surface area contributed by atoms with Crippen molar-refractivity contribution in [3.63, 3.8) is 0 Å². The van der Waals surface area contributed by atoms with E-state index in [4.69, 9.17) is 4.74 Å². The van der Waals surface area contributed by atoms with Crippen LogP contribution in [0.5, 0.6) is 0 Å². The number of hydrogen-bond donors (Lipinski definition) is 0. The van der Waals surface area contributed by atoms with Gasteiger partial charge in [0, 0.05) is 26.9 Å². The van der Waals surface area contributed by atoms with Crippen molar-refractivity contribution in [3.8, 4) is 0 Å². The molecule has 0 aliphatic carbocycles. The van der Waals surface area contributed by atoms with E-state index in [0.717, 1.165) is 25.7 Å². The highest BCUT2D eigenvalue weighted by Gasteiger charge is 2.35. The summed E-state index contributed by atoms with van der Waals surface area (Å²) in [4.78, 5) is 48.8. The molecule has 0 aromatic carbocycles. The summed E-state index contributed by atoms with van der Waals surface area (Å²) in [6, 6.07) is -0.732.